The Kier molecular flexibility index (Phi) is 10.8. The molecule has 2 heterocycles. The van der Waals surface area contributed by atoms with Gasteiger partial charge in [-0.15, -0.1) is 0 Å². The molecule has 38 heavy (non-hydrogen) atoms. The summed E-state index contributed by atoms with van der Waals surface area (Å²) in [6.45, 7) is 2.73. The van der Waals surface area contributed by atoms with Gasteiger partial charge in [0.2, 0.25) is 0 Å². The molecule has 1 aromatic heterocycles. The molecule has 3 N–H and O–H groups in total. The summed E-state index contributed by atoms with van der Waals surface area (Å²) >= 11 is 0. The highest BCUT2D eigenvalue weighted by atomic mass is 16.5. The molecule has 7 nitrogen and oxygen atoms in total. The van der Waals surface area contributed by atoms with E-state index in [2.05, 4.69) is 15.6 Å². The fourth-order valence-corrected chi connectivity index (χ4v) is 6.74. The minimum atomic E-state index is -1.06. The average Bonchev–Trinajstić information content (AvgIpc) is 2.95. The summed E-state index contributed by atoms with van der Waals surface area (Å²) in [5.74, 6) is 0.644. The van der Waals surface area contributed by atoms with Gasteiger partial charge in [0.1, 0.15) is 0 Å². The zero-order valence-corrected chi connectivity index (χ0v) is 23.5. The number of urea groups is 1. The van der Waals surface area contributed by atoms with E-state index < -0.39 is 5.60 Å². The number of hydrogen-bond donors (Lipinski definition) is 3. The van der Waals surface area contributed by atoms with E-state index >= 15 is 0 Å². The van der Waals surface area contributed by atoms with Crippen LogP contribution in [-0.2, 0) is 10.3 Å². The van der Waals surface area contributed by atoms with Crippen LogP contribution < -0.4 is 10.6 Å². The number of carbonyl (C=O) groups is 1. The molecule has 7 heteroatoms. The van der Waals surface area contributed by atoms with Crippen LogP contribution in [0.25, 0.3) is 10.9 Å². The number of rotatable bonds is 12. The molecule has 2 aliphatic rings. The van der Waals surface area contributed by atoms with Gasteiger partial charge >= 0.3 is 6.03 Å². The molecular weight excluding hydrogens is 476 g/mol. The first-order valence-electron chi connectivity index (χ1n) is 14.8. The largest absolute Gasteiger partial charge is 0.385 e. The van der Waals surface area contributed by atoms with E-state index in [9.17, 15) is 9.90 Å². The second kappa shape index (κ2) is 14.2. The van der Waals surface area contributed by atoms with Gasteiger partial charge in [-0.05, 0) is 57.6 Å². The molecule has 3 atom stereocenters. The van der Waals surface area contributed by atoms with Gasteiger partial charge in [0.15, 0.2) is 0 Å². The van der Waals surface area contributed by atoms with Gasteiger partial charge in [-0.3, -0.25) is 4.98 Å². The van der Waals surface area contributed by atoms with Crippen LogP contribution in [0.3, 0.4) is 0 Å². The fraction of sp³-hybridized carbons (Fsp3) is 0.677. The molecule has 1 aromatic carbocycles. The summed E-state index contributed by atoms with van der Waals surface area (Å²) in [7, 11) is 3.67. The number of carbonyl (C=O) groups excluding carboxylic acids is 1. The Hall–Kier alpha value is -2.22. The number of hydrogen-bond acceptors (Lipinski definition) is 5. The molecule has 2 amide bonds. The lowest BCUT2D eigenvalue weighted by molar-refractivity contribution is -0.0553. The van der Waals surface area contributed by atoms with Crippen molar-refractivity contribution in [3.63, 3.8) is 0 Å². The van der Waals surface area contributed by atoms with E-state index in [1.54, 1.807) is 13.3 Å². The Bertz CT molecular complexity index is 1010. The third kappa shape index (κ3) is 7.25. The van der Waals surface area contributed by atoms with Crippen molar-refractivity contribution in [2.75, 3.05) is 40.4 Å². The summed E-state index contributed by atoms with van der Waals surface area (Å²) in [4.78, 5) is 20.1. The van der Waals surface area contributed by atoms with E-state index in [1.165, 1.54) is 32.1 Å². The van der Waals surface area contributed by atoms with Crippen LogP contribution >= 0.6 is 0 Å². The third-order valence-corrected chi connectivity index (χ3v) is 8.76. The number of amides is 2. The molecule has 0 spiro atoms. The number of aromatic nitrogens is 1. The summed E-state index contributed by atoms with van der Waals surface area (Å²) < 4.78 is 5.28. The Morgan fingerprint density at radius 1 is 1.16 bits per heavy atom. The quantitative estimate of drug-likeness (QED) is 0.332. The number of aliphatic hydroxyl groups is 1. The Labute approximate surface area is 228 Å². The monoisotopic (exact) mass is 524 g/mol. The van der Waals surface area contributed by atoms with Gasteiger partial charge in [-0.1, -0.05) is 56.4 Å². The van der Waals surface area contributed by atoms with Crippen molar-refractivity contribution in [1.82, 2.24) is 20.5 Å². The van der Waals surface area contributed by atoms with Gasteiger partial charge in [-0.25, -0.2) is 4.79 Å². The van der Waals surface area contributed by atoms with Crippen molar-refractivity contribution < 1.29 is 14.6 Å². The van der Waals surface area contributed by atoms with Crippen LogP contribution in [-0.4, -0.2) is 67.5 Å². The molecule has 1 aliphatic carbocycles. The molecule has 0 radical (unpaired) electrons. The van der Waals surface area contributed by atoms with Crippen LogP contribution in [0.1, 0.15) is 76.2 Å². The number of likely N-dealkylation sites (N-methyl/N-ethyl adjacent to an activating group) is 1. The van der Waals surface area contributed by atoms with Crippen molar-refractivity contribution in [2.45, 2.75) is 82.3 Å². The predicted molar refractivity (Wildman–Crippen MR) is 153 cm³/mol. The average molecular weight is 525 g/mol. The van der Waals surface area contributed by atoms with Gasteiger partial charge in [0.05, 0.1) is 11.1 Å². The van der Waals surface area contributed by atoms with Crippen LogP contribution in [0.4, 0.5) is 4.79 Å². The standard InChI is InChI=1S/C31H48N4O3/c1-32-22-27(21-24-11-4-3-5-12-24)34-30(36)35-19-10-15-26(23-35)31(37,17-6-7-20-38-2)28-16-8-13-25-14-9-18-33-29(25)28/h8-9,13-14,16,18,24,26-27,32,37H,3-7,10-12,15,17,19-23H2,1-2H3,(H,34,36)/t26-,27+,31+/m1/s1. The van der Waals surface area contributed by atoms with Crippen molar-refractivity contribution >= 4 is 16.9 Å². The maximum Gasteiger partial charge on any atom is 0.317 e. The van der Waals surface area contributed by atoms with Crippen molar-refractivity contribution in [1.29, 1.82) is 0 Å². The fourth-order valence-electron chi connectivity index (χ4n) is 6.74. The van der Waals surface area contributed by atoms with Gasteiger partial charge in [0.25, 0.3) is 0 Å². The topological polar surface area (TPSA) is 86.7 Å². The number of methoxy groups -OCH3 is 1. The van der Waals surface area contributed by atoms with E-state index in [0.717, 1.165) is 61.7 Å². The summed E-state index contributed by atoms with van der Waals surface area (Å²) in [6, 6.07) is 10.2. The zero-order valence-electron chi connectivity index (χ0n) is 23.5. The smallest absolute Gasteiger partial charge is 0.317 e. The second-order valence-corrected chi connectivity index (χ2v) is 11.5. The van der Waals surface area contributed by atoms with E-state index in [-0.39, 0.29) is 18.0 Å². The van der Waals surface area contributed by atoms with Gasteiger partial charge in [-0.2, -0.15) is 0 Å². The number of pyridine rings is 1. The molecule has 1 saturated carbocycles. The molecule has 1 aliphatic heterocycles. The normalized spacial score (nSPS) is 21.2. The number of nitrogens with zero attached hydrogens (tertiary/aromatic N) is 2. The second-order valence-electron chi connectivity index (χ2n) is 11.5. The highest BCUT2D eigenvalue weighted by Gasteiger charge is 2.42. The van der Waals surface area contributed by atoms with Crippen LogP contribution in [0.5, 0.6) is 0 Å². The van der Waals surface area contributed by atoms with Crippen LogP contribution in [0.2, 0.25) is 0 Å². The van der Waals surface area contributed by atoms with Crippen LogP contribution in [0, 0.1) is 11.8 Å². The number of fused-ring (bicyclic) bond motifs is 1. The number of unbranched alkanes of at least 4 members (excludes halogenated alkanes) is 1. The lowest BCUT2D eigenvalue weighted by Crippen LogP contribution is -2.54. The van der Waals surface area contributed by atoms with Gasteiger partial charge < -0.3 is 25.4 Å². The number of ether oxygens (including phenoxy) is 1. The lowest BCUT2D eigenvalue weighted by atomic mass is 9.73. The maximum absolute atomic E-state index is 13.5. The van der Waals surface area contributed by atoms with Crippen molar-refractivity contribution in [2.24, 2.45) is 11.8 Å². The van der Waals surface area contributed by atoms with Gasteiger partial charge in [0, 0.05) is 62.5 Å². The molecule has 2 aromatic rings. The van der Waals surface area contributed by atoms with E-state index in [1.807, 2.05) is 42.3 Å². The van der Waals surface area contributed by atoms with E-state index in [4.69, 9.17) is 4.74 Å². The lowest BCUT2D eigenvalue weighted by Gasteiger charge is -2.43. The third-order valence-electron chi connectivity index (χ3n) is 8.76. The predicted octanol–water partition coefficient (Wildman–Crippen LogP) is 5.22. The Morgan fingerprint density at radius 3 is 2.76 bits per heavy atom. The van der Waals surface area contributed by atoms with Crippen molar-refractivity contribution in [3.05, 3.63) is 42.1 Å². The molecule has 0 unspecified atom stereocenters. The number of piperidine rings is 1. The minimum Gasteiger partial charge on any atom is -0.385 e. The highest BCUT2D eigenvalue weighted by molar-refractivity contribution is 5.82. The molecule has 1 saturated heterocycles. The molecule has 0 bridgehead atoms. The maximum atomic E-state index is 13.5. The SMILES string of the molecule is CNC[C@H](CC1CCCCC1)NC(=O)N1CCC[C@@H]([C@@](O)(CCCCOC)c2cccc3cccnc23)C1. The summed E-state index contributed by atoms with van der Waals surface area (Å²) in [5.41, 5.74) is 0.672. The molecule has 210 valence electrons. The molecule has 4 rings (SSSR count). The molecular formula is C31H48N4O3. The van der Waals surface area contributed by atoms with E-state index in [0.29, 0.717) is 25.5 Å². The first-order chi connectivity index (χ1) is 18.5. The minimum absolute atomic E-state index is 0.00328. The number of benzene rings is 1. The first kappa shape index (κ1) is 28.8. The number of para-hydroxylation sites is 1. The Morgan fingerprint density at radius 2 is 1.97 bits per heavy atom. The highest BCUT2D eigenvalue weighted by Crippen LogP contribution is 2.42. The summed E-state index contributed by atoms with van der Waals surface area (Å²) in [6.07, 6.45) is 13.5. The first-order valence-corrected chi connectivity index (χ1v) is 14.8. The zero-order chi connectivity index (χ0) is 26.8. The number of nitrogens with one attached hydrogen (secondary N) is 2. The number of likely N-dealkylation sites (tertiary alicyclic amines) is 1. The van der Waals surface area contributed by atoms with Crippen LogP contribution in [0.15, 0.2) is 36.5 Å². The summed E-state index contributed by atoms with van der Waals surface area (Å²) in [5, 5.41) is 20.1. The Balaban J connectivity index is 1.50. The van der Waals surface area contributed by atoms with Crippen molar-refractivity contribution in [3.8, 4) is 0 Å². The molecule has 2 fully saturated rings.